The van der Waals surface area contributed by atoms with Crippen LogP contribution in [-0.2, 0) is 4.79 Å². The molecule has 4 fully saturated rings. The third-order valence-electron chi connectivity index (χ3n) is 12.1. The Kier molecular flexibility index (Phi) is 7.54. The number of carbonyl (C=O) groups is 2. The highest BCUT2D eigenvalue weighted by molar-refractivity contribution is 6.32. The summed E-state index contributed by atoms with van der Waals surface area (Å²) in [7, 11) is 0. The highest BCUT2D eigenvalue weighted by Crippen LogP contribution is 2.58. The maximum absolute atomic E-state index is 13.9. The summed E-state index contributed by atoms with van der Waals surface area (Å²) in [5.74, 6) is 3.35. The molecule has 0 spiro atoms. The van der Waals surface area contributed by atoms with E-state index in [1.807, 2.05) is 42.6 Å². The van der Waals surface area contributed by atoms with Gasteiger partial charge in [0, 0.05) is 29.5 Å². The van der Waals surface area contributed by atoms with Crippen LogP contribution in [0.2, 0.25) is 0 Å². The number of aliphatic imine (C=N–C) groups is 1. The van der Waals surface area contributed by atoms with Crippen molar-refractivity contribution in [2.45, 2.75) is 50.5 Å². The largest absolute Gasteiger partial charge is 0.360 e. The van der Waals surface area contributed by atoms with Gasteiger partial charge in [-0.2, -0.15) is 0 Å². The van der Waals surface area contributed by atoms with Gasteiger partial charge in [-0.1, -0.05) is 84.9 Å². The fourth-order valence-electron chi connectivity index (χ4n) is 10.2. The lowest BCUT2D eigenvalue weighted by Crippen LogP contribution is -2.50. The first-order valence-corrected chi connectivity index (χ1v) is 17.9. The summed E-state index contributed by atoms with van der Waals surface area (Å²) >= 11 is 0. The minimum absolute atomic E-state index is 0.0668. The van der Waals surface area contributed by atoms with Crippen LogP contribution in [0.4, 0.5) is 11.4 Å². The van der Waals surface area contributed by atoms with Crippen molar-refractivity contribution in [3.8, 4) is 0 Å². The van der Waals surface area contributed by atoms with Gasteiger partial charge >= 0.3 is 0 Å². The van der Waals surface area contributed by atoms with Gasteiger partial charge < -0.3 is 11.1 Å². The maximum atomic E-state index is 13.9. The third-order valence-corrected chi connectivity index (χ3v) is 12.1. The van der Waals surface area contributed by atoms with Crippen molar-refractivity contribution in [2.24, 2.45) is 40.3 Å². The molecule has 1 heterocycles. The topological polar surface area (TPSA) is 84.5 Å². The molecule has 7 aliphatic rings. The van der Waals surface area contributed by atoms with Crippen molar-refractivity contribution in [1.82, 2.24) is 0 Å². The average Bonchev–Trinajstić information content (AvgIpc) is 3.39. The second-order valence-electron chi connectivity index (χ2n) is 14.9. The highest BCUT2D eigenvalue weighted by Gasteiger charge is 2.49. The van der Waals surface area contributed by atoms with Crippen LogP contribution in [-0.4, -0.2) is 23.8 Å². The minimum atomic E-state index is -1.10. The van der Waals surface area contributed by atoms with Gasteiger partial charge in [0.15, 0.2) is 11.6 Å². The Hall–Kier alpha value is -4.87. The molecular weight excluding hydrogens is 603 g/mol. The Bertz CT molecular complexity index is 2240. The highest BCUT2D eigenvalue weighted by atomic mass is 16.2. The number of carbonyl (C=O) groups excluding carboxylic acids is 2. The zero-order valence-electron chi connectivity index (χ0n) is 27.6. The Labute approximate surface area is 286 Å². The van der Waals surface area contributed by atoms with Crippen LogP contribution in [0.3, 0.4) is 0 Å². The molecule has 0 aromatic heterocycles. The van der Waals surface area contributed by atoms with Crippen molar-refractivity contribution >= 4 is 40.8 Å². The molecule has 5 nitrogen and oxygen atoms in total. The van der Waals surface area contributed by atoms with Crippen molar-refractivity contribution in [3.63, 3.8) is 0 Å². The Morgan fingerprint density at radius 3 is 2.20 bits per heavy atom. The summed E-state index contributed by atoms with van der Waals surface area (Å²) in [6, 6.07) is 29.9. The van der Waals surface area contributed by atoms with Crippen LogP contribution < -0.4 is 21.5 Å². The molecule has 4 aromatic carbocycles. The minimum Gasteiger partial charge on any atom is -0.360 e. The molecule has 0 saturated heterocycles. The van der Waals surface area contributed by atoms with E-state index < -0.39 is 6.04 Å². The van der Waals surface area contributed by atoms with E-state index in [0.717, 1.165) is 73.8 Å². The van der Waals surface area contributed by atoms with Gasteiger partial charge in [0.2, 0.25) is 0 Å². The number of nitrogens with zero attached hydrogens (tertiary/aromatic N) is 1. The summed E-state index contributed by atoms with van der Waals surface area (Å²) in [4.78, 5) is 31.8. The monoisotopic (exact) mass is 643 g/mol. The number of hydrogen-bond donors (Lipinski definition) is 2. The maximum Gasteiger partial charge on any atom is 0.188 e. The third kappa shape index (κ3) is 5.23. The summed E-state index contributed by atoms with van der Waals surface area (Å²) in [5, 5.41) is 7.37. The van der Waals surface area contributed by atoms with Gasteiger partial charge in [0.25, 0.3) is 0 Å². The summed E-state index contributed by atoms with van der Waals surface area (Å²) in [5.41, 5.74) is 12.2. The normalized spacial score (nSPS) is 28.2. The lowest BCUT2D eigenvalue weighted by molar-refractivity contribution is -0.114. The van der Waals surface area contributed by atoms with E-state index in [9.17, 15) is 9.59 Å². The van der Waals surface area contributed by atoms with Gasteiger partial charge in [-0.05, 0) is 118 Å². The van der Waals surface area contributed by atoms with E-state index in [1.54, 1.807) is 6.21 Å². The molecule has 6 aliphatic carbocycles. The molecule has 4 bridgehead atoms. The number of hydrogen-bond acceptors (Lipinski definition) is 5. The van der Waals surface area contributed by atoms with Gasteiger partial charge in [0.05, 0.1) is 11.4 Å². The molecule has 5 heteroatoms. The molecular formula is C44H41N3O2. The van der Waals surface area contributed by atoms with E-state index in [4.69, 9.17) is 5.73 Å². The quantitative estimate of drug-likeness (QED) is 0.237. The smallest absolute Gasteiger partial charge is 0.188 e. The van der Waals surface area contributed by atoms with Crippen molar-refractivity contribution in [2.75, 3.05) is 5.32 Å². The van der Waals surface area contributed by atoms with Crippen LogP contribution in [0.5, 0.6) is 0 Å². The zero-order valence-corrected chi connectivity index (χ0v) is 27.6. The zero-order chi connectivity index (χ0) is 33.1. The van der Waals surface area contributed by atoms with Crippen LogP contribution in [0.15, 0.2) is 108 Å². The Balaban J connectivity index is 0.000000251. The number of fused-ring (bicyclic) bond motifs is 5. The van der Waals surface area contributed by atoms with Crippen molar-refractivity contribution in [3.05, 3.63) is 141 Å². The summed E-state index contributed by atoms with van der Waals surface area (Å²) < 4.78 is 0. The molecule has 0 radical (unpaired) electrons. The van der Waals surface area contributed by atoms with E-state index in [-0.39, 0.29) is 17.5 Å². The van der Waals surface area contributed by atoms with E-state index >= 15 is 0 Å². The summed E-state index contributed by atoms with van der Waals surface area (Å²) in [6.07, 6.45) is 15.3. The number of allylic oxidation sites excluding steroid dienone is 1. The van der Waals surface area contributed by atoms with E-state index in [0.29, 0.717) is 11.5 Å². The van der Waals surface area contributed by atoms with E-state index in [2.05, 4.69) is 77.0 Å². The van der Waals surface area contributed by atoms with Crippen LogP contribution in [0, 0.1) is 40.0 Å². The molecule has 49 heavy (non-hydrogen) atoms. The first-order valence-electron chi connectivity index (χ1n) is 17.9. The predicted octanol–water partition coefficient (Wildman–Crippen LogP) is 6.93. The first-order chi connectivity index (χ1) is 24.0. The second kappa shape index (κ2) is 12.2. The molecule has 2 unspecified atom stereocenters. The van der Waals surface area contributed by atoms with Gasteiger partial charge in [-0.3, -0.25) is 14.6 Å². The molecule has 11 rings (SSSR count). The molecule has 244 valence electrons. The van der Waals surface area contributed by atoms with E-state index in [1.165, 1.54) is 37.3 Å². The standard InChI is InChI=1S/C35H33NO2.C9H8N2/c36-33-34(37)30(18-28-23-13-19-12-20(15-23)16-24(28)14-19)27-11-10-26-25-9-5-4-8-22(25)17-29(21-6-2-1-3-7-21)31(26)32(27)35(33)38;1-2-5-9-8(4-1)10-6-3-7-11-9/h1-11,17,19-20,23-24,28-29,33H,12-16,18,36H2;1-7,10H. The average molecular weight is 644 g/mol. The Morgan fingerprint density at radius 2 is 1.41 bits per heavy atom. The van der Waals surface area contributed by atoms with Crippen LogP contribution in [0.25, 0.3) is 11.6 Å². The lowest BCUT2D eigenvalue weighted by Gasteiger charge is -2.54. The number of nitrogens with two attached hydrogens (primary N) is 1. The SMILES string of the molecule is C1=CNc2ccccc2N=C1.NC1C(=O)C(CC2C3CC4CC(C3)CC2C4)=c2ccc3c(c2C1=O)C(c1ccccc1)C=c1ccccc1=3. The molecule has 2 atom stereocenters. The van der Waals surface area contributed by atoms with Crippen LogP contribution in [0.1, 0.15) is 65.9 Å². The van der Waals surface area contributed by atoms with Crippen molar-refractivity contribution in [1.29, 1.82) is 0 Å². The molecule has 4 saturated carbocycles. The number of anilines is 1. The van der Waals surface area contributed by atoms with Gasteiger partial charge in [-0.15, -0.1) is 0 Å². The second-order valence-corrected chi connectivity index (χ2v) is 14.9. The summed E-state index contributed by atoms with van der Waals surface area (Å²) in [6.45, 7) is 0. The van der Waals surface area contributed by atoms with Gasteiger partial charge in [-0.25, -0.2) is 0 Å². The first kappa shape index (κ1) is 30.2. The fraction of sp³-hybridized carbons (Fsp3) is 0.295. The molecule has 1 aliphatic heterocycles. The number of benzene rings is 4. The number of ketones is 2. The molecule has 0 amide bonds. The number of nitrogens with one attached hydrogen (secondary N) is 1. The van der Waals surface area contributed by atoms with Crippen LogP contribution >= 0.6 is 0 Å². The van der Waals surface area contributed by atoms with Gasteiger partial charge in [0.1, 0.15) is 6.04 Å². The number of Topliss-reactive ketones (excluding diaryl/α,β-unsaturated/α-hetero) is 2. The number of rotatable bonds is 3. The molecule has 4 aromatic rings. The fourth-order valence-corrected chi connectivity index (χ4v) is 10.2. The number of para-hydroxylation sites is 2. The van der Waals surface area contributed by atoms with Crippen molar-refractivity contribution < 1.29 is 9.59 Å². The molecule has 3 N–H and O–H groups in total. The lowest BCUT2D eigenvalue weighted by atomic mass is 9.51. The predicted molar refractivity (Wildman–Crippen MR) is 196 cm³/mol. The Morgan fingerprint density at radius 1 is 0.714 bits per heavy atom.